The van der Waals surface area contributed by atoms with Crippen molar-refractivity contribution in [2.24, 2.45) is 5.73 Å². The molecule has 1 atom stereocenters. The molecule has 0 heterocycles. The molecular formula is C7H14N2O7S2. The fourth-order valence-electron chi connectivity index (χ4n) is 1.05. The molecule has 9 nitrogen and oxygen atoms in total. The molecule has 106 valence electrons. The van der Waals surface area contributed by atoms with Crippen LogP contribution >= 0.6 is 0 Å². The van der Waals surface area contributed by atoms with E-state index < -0.39 is 42.9 Å². The smallest absolute Gasteiger partial charge is 0.321 e. The number of nitrogens with one attached hydrogen (secondary N) is 1. The Labute approximate surface area is 104 Å². The Hall–Kier alpha value is -1.20. The molecule has 0 aliphatic heterocycles. The van der Waals surface area contributed by atoms with Gasteiger partial charge in [0.1, 0.15) is 6.04 Å². The SMILES string of the molecule is CS(=O)(=O)CS(=O)(=O)NC(CCC(N)=O)C(=O)O. The molecule has 0 fully saturated rings. The second-order valence-corrected chi connectivity index (χ2v) is 7.93. The molecule has 0 aliphatic carbocycles. The Balaban J connectivity index is 4.78. The topological polar surface area (TPSA) is 161 Å². The Kier molecular flexibility index (Phi) is 5.70. The number of nitrogens with two attached hydrogens (primary N) is 1. The molecule has 11 heteroatoms. The lowest BCUT2D eigenvalue weighted by molar-refractivity contribution is -0.139. The first-order chi connectivity index (χ1) is 7.93. The monoisotopic (exact) mass is 302 g/mol. The quantitative estimate of drug-likeness (QED) is 0.451. The lowest BCUT2D eigenvalue weighted by Crippen LogP contribution is -2.43. The lowest BCUT2D eigenvalue weighted by atomic mass is 10.2. The van der Waals surface area contributed by atoms with Crippen LogP contribution in [-0.2, 0) is 29.4 Å². The maximum absolute atomic E-state index is 11.3. The van der Waals surface area contributed by atoms with Crippen LogP contribution in [0.5, 0.6) is 0 Å². The number of hydrogen-bond donors (Lipinski definition) is 3. The van der Waals surface area contributed by atoms with E-state index in [4.69, 9.17) is 10.8 Å². The van der Waals surface area contributed by atoms with Crippen molar-refractivity contribution in [3.63, 3.8) is 0 Å². The number of primary amides is 1. The second-order valence-electron chi connectivity index (χ2n) is 3.67. The van der Waals surface area contributed by atoms with Crippen LogP contribution < -0.4 is 10.5 Å². The van der Waals surface area contributed by atoms with Gasteiger partial charge < -0.3 is 10.8 Å². The molecule has 0 aliphatic rings. The molecule has 1 amide bonds. The summed E-state index contributed by atoms with van der Waals surface area (Å²) < 4.78 is 46.0. The van der Waals surface area contributed by atoms with Crippen molar-refractivity contribution in [3.05, 3.63) is 0 Å². The van der Waals surface area contributed by atoms with Crippen LogP contribution in [0, 0.1) is 0 Å². The molecule has 0 spiro atoms. The minimum atomic E-state index is -4.30. The molecule has 0 aromatic heterocycles. The maximum Gasteiger partial charge on any atom is 0.321 e. The standard InChI is InChI=1S/C7H14N2O7S2/c1-17(13,14)4-18(15,16)9-5(7(11)12)2-3-6(8)10/h5,9H,2-4H2,1H3,(H2,8,10)(H,11,12). The highest BCUT2D eigenvalue weighted by molar-refractivity contribution is 8.06. The molecular weight excluding hydrogens is 288 g/mol. The fraction of sp³-hybridized carbons (Fsp3) is 0.714. The van der Waals surface area contributed by atoms with Gasteiger partial charge in [-0.05, 0) is 6.42 Å². The third kappa shape index (κ3) is 7.97. The molecule has 0 bridgehead atoms. The van der Waals surface area contributed by atoms with E-state index in [1.165, 1.54) is 0 Å². The first-order valence-corrected chi connectivity index (χ1v) is 8.33. The molecule has 18 heavy (non-hydrogen) atoms. The molecule has 4 N–H and O–H groups in total. The largest absolute Gasteiger partial charge is 0.480 e. The second kappa shape index (κ2) is 6.11. The van der Waals surface area contributed by atoms with Gasteiger partial charge in [0.2, 0.25) is 15.9 Å². The van der Waals surface area contributed by atoms with Crippen molar-refractivity contribution in [2.75, 3.05) is 11.3 Å². The summed E-state index contributed by atoms with van der Waals surface area (Å²) in [4.78, 5) is 21.2. The van der Waals surface area contributed by atoms with E-state index in [2.05, 4.69) is 0 Å². The van der Waals surface area contributed by atoms with Crippen molar-refractivity contribution in [2.45, 2.75) is 18.9 Å². The number of rotatable bonds is 8. The van der Waals surface area contributed by atoms with Crippen molar-refractivity contribution in [3.8, 4) is 0 Å². The van der Waals surface area contributed by atoms with Gasteiger partial charge in [0, 0.05) is 12.7 Å². The minimum absolute atomic E-state index is 0.335. The summed E-state index contributed by atoms with van der Waals surface area (Å²) in [6.07, 6.45) is 0.0113. The number of hydrogen-bond acceptors (Lipinski definition) is 6. The fourth-order valence-corrected chi connectivity index (χ4v) is 4.23. The number of carbonyl (C=O) groups is 2. The van der Waals surface area contributed by atoms with Crippen LogP contribution in [0.1, 0.15) is 12.8 Å². The summed E-state index contributed by atoms with van der Waals surface area (Å²) in [6, 6.07) is -1.59. The molecule has 0 rings (SSSR count). The Morgan fingerprint density at radius 3 is 2.11 bits per heavy atom. The lowest BCUT2D eigenvalue weighted by Gasteiger charge is -2.13. The van der Waals surface area contributed by atoms with E-state index in [0.29, 0.717) is 6.26 Å². The van der Waals surface area contributed by atoms with Gasteiger partial charge in [0.05, 0.1) is 0 Å². The highest BCUT2D eigenvalue weighted by Crippen LogP contribution is 2.02. The third-order valence-electron chi connectivity index (χ3n) is 1.67. The Morgan fingerprint density at radius 1 is 1.28 bits per heavy atom. The van der Waals surface area contributed by atoms with Gasteiger partial charge in [-0.3, -0.25) is 9.59 Å². The summed E-state index contributed by atoms with van der Waals surface area (Å²) in [7, 11) is -8.12. The summed E-state index contributed by atoms with van der Waals surface area (Å²) in [5, 5.41) is 7.50. The zero-order chi connectivity index (χ0) is 14.6. The number of carboxylic acid groups (broad SMARTS) is 1. The number of carbonyl (C=O) groups excluding carboxylic acids is 1. The average molecular weight is 302 g/mol. The minimum Gasteiger partial charge on any atom is -0.480 e. The predicted molar refractivity (Wildman–Crippen MR) is 61.6 cm³/mol. The molecule has 1 unspecified atom stereocenters. The highest BCUT2D eigenvalue weighted by atomic mass is 32.3. The zero-order valence-electron chi connectivity index (χ0n) is 9.49. The van der Waals surface area contributed by atoms with Gasteiger partial charge >= 0.3 is 5.97 Å². The Bertz CT molecular complexity index is 522. The molecule has 0 saturated carbocycles. The number of sulfone groups is 1. The highest BCUT2D eigenvalue weighted by Gasteiger charge is 2.26. The van der Waals surface area contributed by atoms with Crippen LogP contribution in [0.4, 0.5) is 0 Å². The molecule has 0 saturated heterocycles. The summed E-state index contributed by atoms with van der Waals surface area (Å²) in [5.41, 5.74) is 4.80. The van der Waals surface area contributed by atoms with Gasteiger partial charge in [-0.2, -0.15) is 0 Å². The van der Waals surface area contributed by atoms with Gasteiger partial charge in [-0.15, -0.1) is 0 Å². The van der Waals surface area contributed by atoms with Gasteiger partial charge in [-0.1, -0.05) is 0 Å². The van der Waals surface area contributed by atoms with Crippen LogP contribution in [0.15, 0.2) is 0 Å². The first-order valence-electron chi connectivity index (χ1n) is 4.62. The van der Waals surface area contributed by atoms with Crippen LogP contribution in [0.25, 0.3) is 0 Å². The van der Waals surface area contributed by atoms with Crippen molar-refractivity contribution >= 4 is 31.7 Å². The van der Waals surface area contributed by atoms with E-state index in [0.717, 1.165) is 0 Å². The van der Waals surface area contributed by atoms with E-state index in [-0.39, 0.29) is 12.8 Å². The zero-order valence-corrected chi connectivity index (χ0v) is 11.1. The Morgan fingerprint density at radius 2 is 1.78 bits per heavy atom. The number of carboxylic acids is 1. The first kappa shape index (κ1) is 16.8. The van der Waals surface area contributed by atoms with Crippen molar-refractivity contribution in [1.29, 1.82) is 0 Å². The van der Waals surface area contributed by atoms with E-state index >= 15 is 0 Å². The van der Waals surface area contributed by atoms with Crippen LogP contribution in [0.3, 0.4) is 0 Å². The maximum atomic E-state index is 11.3. The molecule has 0 aromatic carbocycles. The van der Waals surface area contributed by atoms with E-state index in [1.807, 2.05) is 0 Å². The van der Waals surface area contributed by atoms with Gasteiger partial charge in [-0.25, -0.2) is 21.6 Å². The van der Waals surface area contributed by atoms with E-state index in [9.17, 15) is 26.4 Å². The third-order valence-corrected chi connectivity index (χ3v) is 5.27. The number of aliphatic carboxylic acids is 1. The predicted octanol–water partition coefficient (Wildman–Crippen LogP) is -2.37. The van der Waals surface area contributed by atoms with Gasteiger partial charge in [0.15, 0.2) is 14.9 Å². The molecule has 0 radical (unpaired) electrons. The average Bonchev–Trinajstić information content (AvgIpc) is 2.07. The van der Waals surface area contributed by atoms with Crippen molar-refractivity contribution < 1.29 is 31.5 Å². The molecule has 0 aromatic rings. The van der Waals surface area contributed by atoms with Crippen LogP contribution in [-0.4, -0.2) is 51.2 Å². The van der Waals surface area contributed by atoms with Crippen molar-refractivity contribution in [1.82, 2.24) is 4.72 Å². The number of sulfonamides is 1. The number of amides is 1. The normalized spacial score (nSPS) is 14.1. The summed E-state index contributed by atoms with van der Waals surface area (Å²) in [6.45, 7) is 0. The summed E-state index contributed by atoms with van der Waals surface area (Å²) >= 11 is 0. The van der Waals surface area contributed by atoms with Crippen LogP contribution in [0.2, 0.25) is 0 Å². The van der Waals surface area contributed by atoms with Gasteiger partial charge in [0.25, 0.3) is 0 Å². The summed E-state index contributed by atoms with van der Waals surface area (Å²) in [5.74, 6) is -2.31. The van der Waals surface area contributed by atoms with E-state index in [1.54, 1.807) is 4.72 Å².